The van der Waals surface area contributed by atoms with E-state index in [0.717, 1.165) is 0 Å². The van der Waals surface area contributed by atoms with E-state index < -0.39 is 11.6 Å². The summed E-state index contributed by atoms with van der Waals surface area (Å²) in [5.74, 6) is -0.802. The van der Waals surface area contributed by atoms with Gasteiger partial charge in [0.05, 0.1) is 0 Å². The molecule has 0 heterocycles. The van der Waals surface area contributed by atoms with Gasteiger partial charge in [-0.05, 0) is 0 Å². The van der Waals surface area contributed by atoms with E-state index in [0.29, 0.717) is 0 Å². The van der Waals surface area contributed by atoms with Gasteiger partial charge in [0.25, 0.3) is 0 Å². The van der Waals surface area contributed by atoms with Crippen LogP contribution in [-0.2, 0) is 9.59 Å². The van der Waals surface area contributed by atoms with Crippen LogP contribution in [0.5, 0.6) is 0 Å². The van der Waals surface area contributed by atoms with Crippen molar-refractivity contribution in [1.82, 2.24) is 0 Å². The quantitative estimate of drug-likeness (QED) is 0.609. The normalized spacial score (nSPS) is 12.4. The largest absolute Gasteiger partial charge is 0.293 e. The van der Waals surface area contributed by atoms with Crippen LogP contribution in [0.1, 0.15) is 13.8 Å². The summed E-state index contributed by atoms with van der Waals surface area (Å²) >= 11 is 10.7. The first-order valence-corrected chi connectivity index (χ1v) is 3.29. The monoisotopic (exact) mass is 180 g/mol. The molecule has 2 nitrogen and oxygen atoms in total. The highest BCUT2D eigenvalue weighted by atomic mass is 35.5. The predicted molar refractivity (Wildman–Crippen MR) is 40.1 cm³/mol. The summed E-state index contributed by atoms with van der Waals surface area (Å²) in [4.78, 5) is 20.9. The Hall–Kier alpha value is -0.340. The molecule has 0 aromatic carbocycles. The van der Waals surface area contributed by atoms with Crippen molar-refractivity contribution < 1.29 is 9.59 Å². The minimum atomic E-state index is -0.401. The zero-order valence-electron chi connectivity index (χ0n) is 5.57. The average Bonchev–Trinajstić information content (AvgIpc) is 1.84. The molecule has 56 valence electrons. The topological polar surface area (TPSA) is 34.1 Å². The van der Waals surface area contributed by atoms with Gasteiger partial charge in [-0.2, -0.15) is 0 Å². The van der Waals surface area contributed by atoms with Crippen LogP contribution in [0.2, 0.25) is 0 Å². The van der Waals surface area contributed by atoms with Crippen LogP contribution in [0.25, 0.3) is 0 Å². The SMILES string of the molecule is CC(=O)/C(Cl)=C(/Cl)C(C)=O. The molecule has 0 saturated heterocycles. The second-order valence-corrected chi connectivity index (χ2v) is 2.50. The number of rotatable bonds is 2. The number of Topliss-reactive ketones (excluding diaryl/α,β-unsaturated/α-hetero) is 2. The lowest BCUT2D eigenvalue weighted by atomic mass is 10.3. The van der Waals surface area contributed by atoms with Gasteiger partial charge in [-0.25, -0.2) is 0 Å². The smallest absolute Gasteiger partial charge is 0.172 e. The van der Waals surface area contributed by atoms with Crippen molar-refractivity contribution in [2.45, 2.75) is 13.8 Å². The third-order valence-corrected chi connectivity index (χ3v) is 1.82. The highest BCUT2D eigenvalue weighted by Crippen LogP contribution is 2.14. The van der Waals surface area contributed by atoms with Gasteiger partial charge in [-0.15, -0.1) is 0 Å². The molecule has 0 spiro atoms. The van der Waals surface area contributed by atoms with E-state index >= 15 is 0 Å². The Morgan fingerprint density at radius 2 is 1.10 bits per heavy atom. The Morgan fingerprint density at radius 3 is 1.20 bits per heavy atom. The van der Waals surface area contributed by atoms with Crippen LogP contribution in [-0.4, -0.2) is 11.6 Å². The molecule has 0 saturated carbocycles. The maximum atomic E-state index is 10.5. The van der Waals surface area contributed by atoms with Crippen LogP contribution in [0.4, 0.5) is 0 Å². The van der Waals surface area contributed by atoms with Gasteiger partial charge in [0.15, 0.2) is 11.6 Å². The standard InChI is InChI=1S/C6H6Cl2O2/c1-3(9)5(7)6(8)4(2)10/h1-2H3/b6-5-. The molecule has 0 unspecified atom stereocenters. The van der Waals surface area contributed by atoms with Gasteiger partial charge in [0.2, 0.25) is 0 Å². The highest BCUT2D eigenvalue weighted by Gasteiger charge is 2.09. The lowest BCUT2D eigenvalue weighted by Crippen LogP contribution is -1.98. The molecule has 0 bridgehead atoms. The fourth-order valence-electron chi connectivity index (χ4n) is 0.309. The Balaban J connectivity index is 4.67. The van der Waals surface area contributed by atoms with E-state index in [-0.39, 0.29) is 10.1 Å². The van der Waals surface area contributed by atoms with Gasteiger partial charge < -0.3 is 0 Å². The molecule has 0 fully saturated rings. The van der Waals surface area contributed by atoms with E-state index in [9.17, 15) is 9.59 Å². The molecule has 0 amide bonds. The third-order valence-electron chi connectivity index (χ3n) is 0.811. The average molecular weight is 181 g/mol. The van der Waals surface area contributed by atoms with Crippen molar-refractivity contribution in [2.24, 2.45) is 0 Å². The van der Waals surface area contributed by atoms with Crippen LogP contribution < -0.4 is 0 Å². The predicted octanol–water partition coefficient (Wildman–Crippen LogP) is 1.85. The fourth-order valence-corrected chi connectivity index (χ4v) is 0.575. The first-order chi connectivity index (χ1) is 4.46. The second kappa shape index (κ2) is 3.74. The summed E-state index contributed by atoms with van der Waals surface area (Å²) in [7, 11) is 0. The van der Waals surface area contributed by atoms with Crippen molar-refractivity contribution in [3.05, 3.63) is 10.1 Å². The number of carbonyl (C=O) groups excluding carboxylic acids is 2. The van der Waals surface area contributed by atoms with Crippen LogP contribution in [0.3, 0.4) is 0 Å². The van der Waals surface area contributed by atoms with Crippen LogP contribution in [0.15, 0.2) is 10.1 Å². The molecule has 0 atom stereocenters. The summed E-state index contributed by atoms with van der Waals surface area (Å²) in [5.41, 5.74) is 0. The van der Waals surface area contributed by atoms with Crippen molar-refractivity contribution in [1.29, 1.82) is 0 Å². The summed E-state index contributed by atoms with van der Waals surface area (Å²) < 4.78 is 0. The minimum absolute atomic E-state index is 0.200. The van der Waals surface area contributed by atoms with E-state index in [4.69, 9.17) is 23.2 Å². The lowest BCUT2D eigenvalue weighted by molar-refractivity contribution is -0.115. The number of allylic oxidation sites excluding steroid dienone is 2. The molecule has 0 rings (SSSR count). The van der Waals surface area contributed by atoms with Crippen molar-refractivity contribution >= 4 is 34.8 Å². The maximum absolute atomic E-state index is 10.5. The Labute approximate surface area is 68.8 Å². The fraction of sp³-hybridized carbons (Fsp3) is 0.333. The second-order valence-electron chi connectivity index (χ2n) is 1.74. The van der Waals surface area contributed by atoms with E-state index in [2.05, 4.69) is 0 Å². The first kappa shape index (κ1) is 9.66. The molecule has 0 aliphatic rings. The Bertz CT molecular complexity index is 184. The van der Waals surface area contributed by atoms with E-state index in [1.54, 1.807) is 0 Å². The van der Waals surface area contributed by atoms with E-state index in [1.807, 2.05) is 0 Å². The number of hydrogen-bond donors (Lipinski definition) is 0. The molecular weight excluding hydrogens is 175 g/mol. The molecule has 0 aliphatic heterocycles. The van der Waals surface area contributed by atoms with Crippen LogP contribution in [0, 0.1) is 0 Å². The molecular formula is C6H6Cl2O2. The molecule has 10 heavy (non-hydrogen) atoms. The highest BCUT2D eigenvalue weighted by molar-refractivity contribution is 6.53. The lowest BCUT2D eigenvalue weighted by Gasteiger charge is -1.93. The molecule has 0 N–H and O–H groups in total. The van der Waals surface area contributed by atoms with Gasteiger partial charge in [0, 0.05) is 13.8 Å². The Morgan fingerprint density at radius 1 is 0.900 bits per heavy atom. The third kappa shape index (κ3) is 2.50. The van der Waals surface area contributed by atoms with Crippen molar-refractivity contribution in [2.75, 3.05) is 0 Å². The molecule has 0 aliphatic carbocycles. The van der Waals surface area contributed by atoms with Gasteiger partial charge in [-0.1, -0.05) is 23.2 Å². The van der Waals surface area contributed by atoms with Gasteiger partial charge >= 0.3 is 0 Å². The number of carbonyl (C=O) groups is 2. The number of halogens is 2. The summed E-state index contributed by atoms with van der Waals surface area (Å²) in [6, 6.07) is 0. The maximum Gasteiger partial charge on any atom is 0.172 e. The Kier molecular flexibility index (Phi) is 3.61. The van der Waals surface area contributed by atoms with Gasteiger partial charge in [-0.3, -0.25) is 9.59 Å². The zero-order chi connectivity index (χ0) is 8.31. The molecule has 0 aromatic rings. The molecule has 0 aromatic heterocycles. The molecule has 4 heteroatoms. The zero-order valence-corrected chi connectivity index (χ0v) is 7.08. The van der Waals surface area contributed by atoms with Gasteiger partial charge in [0.1, 0.15) is 10.1 Å². The van der Waals surface area contributed by atoms with Crippen molar-refractivity contribution in [3.63, 3.8) is 0 Å². The summed E-state index contributed by atoms with van der Waals surface area (Å²) in [6.45, 7) is 2.49. The van der Waals surface area contributed by atoms with E-state index in [1.165, 1.54) is 13.8 Å². The summed E-state index contributed by atoms with van der Waals surface area (Å²) in [5, 5.41) is -0.400. The number of ketones is 2. The molecule has 0 radical (unpaired) electrons. The van der Waals surface area contributed by atoms with Crippen molar-refractivity contribution in [3.8, 4) is 0 Å². The number of hydrogen-bond acceptors (Lipinski definition) is 2. The first-order valence-electron chi connectivity index (χ1n) is 2.54. The minimum Gasteiger partial charge on any atom is -0.293 e. The van der Waals surface area contributed by atoms with Crippen LogP contribution >= 0.6 is 23.2 Å². The summed E-state index contributed by atoms with van der Waals surface area (Å²) in [6.07, 6.45) is 0.